The predicted molar refractivity (Wildman–Crippen MR) is 90.7 cm³/mol. The Labute approximate surface area is 153 Å². The van der Waals surface area contributed by atoms with Gasteiger partial charge in [0.2, 0.25) is 5.91 Å². The molecule has 5 fully saturated rings. The number of carbonyl (C=O) groups excluding carboxylic acids is 1. The maximum Gasteiger partial charge on any atom is 0.407 e. The lowest BCUT2D eigenvalue weighted by Crippen LogP contribution is -2.62. The number of fused-ring (bicyclic) bond motifs is 3. The Bertz CT molecular complexity index is 569. The summed E-state index contributed by atoms with van der Waals surface area (Å²) in [5.41, 5.74) is 0. The van der Waals surface area contributed by atoms with Crippen molar-refractivity contribution in [2.75, 3.05) is 52.6 Å². The number of morpholine rings is 2. The summed E-state index contributed by atoms with van der Waals surface area (Å²) in [6.07, 6.45) is 0.886. The monoisotopic (exact) mass is 365 g/mol. The molecule has 1 N–H and O–H groups in total. The Morgan fingerprint density at radius 1 is 0.885 bits per heavy atom. The number of carboxylic acid groups (broad SMARTS) is 1. The number of hydrogen-bond acceptors (Lipinski definition) is 5. The van der Waals surface area contributed by atoms with Crippen LogP contribution in [-0.4, -0.2) is 103 Å². The lowest BCUT2D eigenvalue weighted by atomic mass is 9.89. The van der Waals surface area contributed by atoms with Gasteiger partial charge in [0.15, 0.2) is 0 Å². The fourth-order valence-corrected chi connectivity index (χ4v) is 5.71. The Kier molecular flexibility index (Phi) is 4.10. The van der Waals surface area contributed by atoms with Gasteiger partial charge in [-0.25, -0.2) is 4.79 Å². The van der Waals surface area contributed by atoms with Crippen LogP contribution in [0.25, 0.3) is 0 Å². The Hall–Kier alpha value is -1.38. The van der Waals surface area contributed by atoms with Crippen molar-refractivity contribution in [3.63, 3.8) is 0 Å². The van der Waals surface area contributed by atoms with Gasteiger partial charge in [0.05, 0.1) is 38.5 Å². The van der Waals surface area contributed by atoms with E-state index in [0.717, 1.165) is 39.0 Å². The first-order chi connectivity index (χ1) is 12.6. The van der Waals surface area contributed by atoms with E-state index in [-0.39, 0.29) is 18.0 Å². The van der Waals surface area contributed by atoms with Gasteiger partial charge in [-0.1, -0.05) is 0 Å². The lowest BCUT2D eigenvalue weighted by Gasteiger charge is -2.49. The zero-order chi connectivity index (χ0) is 17.8. The molecule has 3 unspecified atom stereocenters. The molecule has 2 amide bonds. The van der Waals surface area contributed by atoms with Gasteiger partial charge < -0.3 is 19.5 Å². The third-order valence-electron chi connectivity index (χ3n) is 7.06. The predicted octanol–water partition coefficient (Wildman–Crippen LogP) is -0.0672. The van der Waals surface area contributed by atoms with Gasteiger partial charge in [-0.3, -0.25) is 14.6 Å². The largest absolute Gasteiger partial charge is 0.465 e. The number of likely N-dealkylation sites (tertiary alicyclic amines) is 1. The number of rotatable bonds is 2. The summed E-state index contributed by atoms with van der Waals surface area (Å²) in [6.45, 7) is 5.79. The Morgan fingerprint density at radius 2 is 1.50 bits per heavy atom. The molecule has 4 heterocycles. The average molecular weight is 365 g/mol. The number of nitrogens with zero attached hydrogens (tertiary/aromatic N) is 3. The van der Waals surface area contributed by atoms with Crippen molar-refractivity contribution < 1.29 is 24.2 Å². The molecule has 1 saturated carbocycles. The van der Waals surface area contributed by atoms with Crippen LogP contribution in [0, 0.1) is 17.8 Å². The van der Waals surface area contributed by atoms with Gasteiger partial charge >= 0.3 is 6.09 Å². The van der Waals surface area contributed by atoms with E-state index in [2.05, 4.69) is 4.90 Å². The van der Waals surface area contributed by atoms with Crippen molar-refractivity contribution in [3.05, 3.63) is 0 Å². The van der Waals surface area contributed by atoms with Crippen molar-refractivity contribution >= 4 is 12.0 Å². The van der Waals surface area contributed by atoms with E-state index in [4.69, 9.17) is 9.47 Å². The molecule has 1 aliphatic carbocycles. The molecule has 4 saturated heterocycles. The van der Waals surface area contributed by atoms with Gasteiger partial charge in [-0.15, -0.1) is 0 Å². The van der Waals surface area contributed by atoms with E-state index >= 15 is 0 Å². The standard InChI is InChI=1S/C18H27N3O5/c22-17(19-1-3-25-4-2-19)16-14-7-20(8-15(14)16)11-5-12-9-26-10-13(6-11)21(12)18(23)24/h11-16H,1-10H2,(H,23,24)/t11?,12?,13?,14-,15+,16?. The minimum absolute atomic E-state index is 0.0206. The van der Waals surface area contributed by atoms with Gasteiger partial charge in [0.1, 0.15) is 0 Å². The molecule has 0 radical (unpaired) electrons. The second-order valence-corrected chi connectivity index (χ2v) is 8.41. The highest BCUT2D eigenvalue weighted by atomic mass is 16.5. The topological polar surface area (TPSA) is 82.5 Å². The van der Waals surface area contributed by atoms with Crippen molar-refractivity contribution in [1.29, 1.82) is 0 Å². The molecule has 8 nitrogen and oxygen atoms in total. The highest BCUT2D eigenvalue weighted by Crippen LogP contribution is 2.53. The number of amides is 2. The first kappa shape index (κ1) is 16.8. The van der Waals surface area contributed by atoms with Crippen LogP contribution in [0.2, 0.25) is 0 Å². The smallest absolute Gasteiger partial charge is 0.407 e. The van der Waals surface area contributed by atoms with Gasteiger partial charge in [0.25, 0.3) is 0 Å². The maximum atomic E-state index is 12.7. The van der Waals surface area contributed by atoms with Crippen molar-refractivity contribution in [2.24, 2.45) is 17.8 Å². The normalized spacial score (nSPS) is 42.5. The third-order valence-corrected chi connectivity index (χ3v) is 7.06. The molecule has 4 aliphatic heterocycles. The first-order valence-electron chi connectivity index (χ1n) is 9.83. The van der Waals surface area contributed by atoms with Crippen LogP contribution in [0.5, 0.6) is 0 Å². The van der Waals surface area contributed by atoms with Crippen LogP contribution in [0.15, 0.2) is 0 Å². The van der Waals surface area contributed by atoms with Gasteiger partial charge in [-0.2, -0.15) is 0 Å². The summed E-state index contributed by atoms with van der Waals surface area (Å²) in [7, 11) is 0. The Balaban J connectivity index is 1.18. The lowest BCUT2D eigenvalue weighted by molar-refractivity contribution is -0.137. The number of ether oxygens (including phenoxy) is 2. The quantitative estimate of drug-likeness (QED) is 0.738. The van der Waals surface area contributed by atoms with E-state index in [9.17, 15) is 14.7 Å². The zero-order valence-corrected chi connectivity index (χ0v) is 15.0. The van der Waals surface area contributed by atoms with Crippen molar-refractivity contribution in [1.82, 2.24) is 14.7 Å². The molecule has 5 rings (SSSR count). The van der Waals surface area contributed by atoms with Crippen LogP contribution in [-0.2, 0) is 14.3 Å². The summed E-state index contributed by atoms with van der Waals surface area (Å²) in [6, 6.07) is 0.386. The second-order valence-electron chi connectivity index (χ2n) is 8.41. The molecule has 144 valence electrons. The average Bonchev–Trinajstić information content (AvgIpc) is 3.13. The number of carbonyl (C=O) groups is 2. The zero-order valence-electron chi connectivity index (χ0n) is 15.0. The molecule has 5 atom stereocenters. The van der Waals surface area contributed by atoms with Crippen LogP contribution in [0.1, 0.15) is 12.8 Å². The molecule has 0 aromatic carbocycles. The summed E-state index contributed by atoms with van der Waals surface area (Å²) >= 11 is 0. The van der Waals surface area contributed by atoms with E-state index in [1.165, 1.54) is 0 Å². The summed E-state index contributed by atoms with van der Waals surface area (Å²) in [5.74, 6) is 1.54. The summed E-state index contributed by atoms with van der Waals surface area (Å²) in [4.78, 5) is 30.3. The fraction of sp³-hybridized carbons (Fsp3) is 0.889. The molecule has 0 aromatic heterocycles. The maximum absolute atomic E-state index is 12.7. The van der Waals surface area contributed by atoms with Crippen molar-refractivity contribution in [3.8, 4) is 0 Å². The molecule has 26 heavy (non-hydrogen) atoms. The molecular weight excluding hydrogens is 338 g/mol. The van der Waals surface area contributed by atoms with E-state index in [0.29, 0.717) is 50.2 Å². The van der Waals surface area contributed by atoms with Crippen LogP contribution < -0.4 is 0 Å². The third kappa shape index (κ3) is 2.70. The van der Waals surface area contributed by atoms with Gasteiger partial charge in [-0.05, 0) is 24.7 Å². The van der Waals surface area contributed by atoms with E-state index in [1.807, 2.05) is 4.90 Å². The second kappa shape index (κ2) is 6.35. The molecule has 2 bridgehead atoms. The SMILES string of the molecule is O=C(C1[C@H]2CN(C3CC4COCC(C3)N4C(=O)O)C[C@@H]12)N1CCOCC1. The van der Waals surface area contributed by atoms with E-state index in [1.54, 1.807) is 4.90 Å². The Morgan fingerprint density at radius 3 is 2.08 bits per heavy atom. The number of hydrogen-bond donors (Lipinski definition) is 1. The number of piperidine rings is 2. The molecule has 5 aliphatic rings. The fourth-order valence-electron chi connectivity index (χ4n) is 5.71. The molecular formula is C18H27N3O5. The minimum Gasteiger partial charge on any atom is -0.465 e. The first-order valence-corrected chi connectivity index (χ1v) is 9.83. The van der Waals surface area contributed by atoms with Crippen LogP contribution >= 0.6 is 0 Å². The molecule has 8 heteroatoms. The van der Waals surface area contributed by atoms with Gasteiger partial charge in [0, 0.05) is 38.1 Å². The minimum atomic E-state index is -0.817. The van der Waals surface area contributed by atoms with Crippen LogP contribution in [0.4, 0.5) is 4.79 Å². The highest BCUT2D eigenvalue weighted by molar-refractivity contribution is 5.82. The summed E-state index contributed by atoms with van der Waals surface area (Å²) < 4.78 is 10.9. The summed E-state index contributed by atoms with van der Waals surface area (Å²) in [5, 5.41) is 9.47. The van der Waals surface area contributed by atoms with Crippen LogP contribution in [0.3, 0.4) is 0 Å². The van der Waals surface area contributed by atoms with Crippen molar-refractivity contribution in [2.45, 2.75) is 31.0 Å². The highest BCUT2D eigenvalue weighted by Gasteiger charge is 2.61. The molecule has 0 aromatic rings. The van der Waals surface area contributed by atoms with E-state index < -0.39 is 6.09 Å². The molecule has 0 spiro atoms.